The molecule has 0 spiro atoms. The zero-order chi connectivity index (χ0) is 26.3. The molecule has 1 fully saturated rings. The Kier molecular flexibility index (Phi) is 8.09. The summed E-state index contributed by atoms with van der Waals surface area (Å²) in [4.78, 5) is 33.9. The Morgan fingerprint density at radius 3 is 2.79 bits per heavy atom. The van der Waals surface area contributed by atoms with E-state index in [2.05, 4.69) is 35.5 Å². The molecule has 4 aromatic heterocycles. The third kappa shape index (κ3) is 6.45. The van der Waals surface area contributed by atoms with Crippen LogP contribution >= 0.6 is 11.3 Å². The van der Waals surface area contributed by atoms with Crippen LogP contribution in [-0.4, -0.2) is 61.5 Å². The topological polar surface area (TPSA) is 153 Å². The largest absolute Gasteiger partial charge is 0.397 e. The molecule has 0 radical (unpaired) electrons. The number of nitrogens with zero attached hydrogens (tertiary/aromatic N) is 6. The highest BCUT2D eigenvalue weighted by atomic mass is 32.1. The number of nitrogen functional groups attached to an aromatic ring is 2. The van der Waals surface area contributed by atoms with Crippen molar-refractivity contribution in [3.05, 3.63) is 66.0 Å². The third-order valence-electron chi connectivity index (χ3n) is 6.62. The van der Waals surface area contributed by atoms with Gasteiger partial charge < -0.3 is 26.7 Å². The van der Waals surface area contributed by atoms with E-state index in [1.807, 2.05) is 35.2 Å². The minimum Gasteiger partial charge on any atom is -0.397 e. The van der Waals surface area contributed by atoms with Crippen molar-refractivity contribution in [3.8, 4) is 10.7 Å². The highest BCUT2D eigenvalue weighted by molar-refractivity contribution is 7.14. The van der Waals surface area contributed by atoms with Gasteiger partial charge >= 0.3 is 0 Å². The van der Waals surface area contributed by atoms with Crippen LogP contribution in [0.15, 0.2) is 55.4 Å². The van der Waals surface area contributed by atoms with E-state index in [0.717, 1.165) is 43.2 Å². The van der Waals surface area contributed by atoms with E-state index < -0.39 is 0 Å². The van der Waals surface area contributed by atoms with E-state index in [1.54, 1.807) is 30.1 Å². The first-order chi connectivity index (χ1) is 18.5. The molecule has 5 rings (SSSR count). The van der Waals surface area contributed by atoms with Crippen LogP contribution in [0.2, 0.25) is 0 Å². The van der Waals surface area contributed by atoms with Crippen LogP contribution in [0.25, 0.3) is 10.7 Å². The summed E-state index contributed by atoms with van der Waals surface area (Å²) in [7, 11) is 0. The minimum atomic E-state index is -0.247. The van der Waals surface area contributed by atoms with Gasteiger partial charge in [-0.15, -0.1) is 11.3 Å². The second-order valence-electron chi connectivity index (χ2n) is 9.36. The summed E-state index contributed by atoms with van der Waals surface area (Å²) in [6.07, 6.45) is 11.1. The van der Waals surface area contributed by atoms with E-state index in [4.69, 9.17) is 11.5 Å². The molecule has 1 aliphatic rings. The van der Waals surface area contributed by atoms with Gasteiger partial charge in [0.2, 0.25) is 0 Å². The van der Waals surface area contributed by atoms with Crippen LogP contribution < -0.4 is 22.1 Å². The Bertz CT molecular complexity index is 1330. The Labute approximate surface area is 225 Å². The van der Waals surface area contributed by atoms with Gasteiger partial charge in [0, 0.05) is 55.8 Å². The SMILES string of the molecule is Nc1cc(C(=O)NCC2CCN(Cc3cnc(-c4ccccn4)s3)CC2)nc(NCCn2ccnc2)c1N. The van der Waals surface area contributed by atoms with Crippen LogP contribution in [0, 0.1) is 5.92 Å². The summed E-state index contributed by atoms with van der Waals surface area (Å²) in [5.74, 6) is 0.584. The maximum atomic E-state index is 12.9. The van der Waals surface area contributed by atoms with E-state index in [-0.39, 0.29) is 11.6 Å². The number of likely N-dealkylation sites (tertiary alicyclic amines) is 1. The first kappa shape index (κ1) is 25.6. The Morgan fingerprint density at radius 2 is 2.03 bits per heavy atom. The van der Waals surface area contributed by atoms with Gasteiger partial charge in [-0.3, -0.25) is 14.7 Å². The molecule has 38 heavy (non-hydrogen) atoms. The average Bonchev–Trinajstić information content (AvgIpc) is 3.63. The van der Waals surface area contributed by atoms with Gasteiger partial charge in [-0.1, -0.05) is 6.07 Å². The molecule has 6 N–H and O–H groups in total. The van der Waals surface area contributed by atoms with Crippen molar-refractivity contribution in [1.29, 1.82) is 0 Å². The van der Waals surface area contributed by atoms with Crippen molar-refractivity contribution in [2.75, 3.05) is 43.0 Å². The molecule has 0 aromatic carbocycles. The zero-order valence-electron chi connectivity index (χ0n) is 21.1. The maximum Gasteiger partial charge on any atom is 0.270 e. The van der Waals surface area contributed by atoms with Gasteiger partial charge in [0.1, 0.15) is 10.7 Å². The summed E-state index contributed by atoms with van der Waals surface area (Å²) in [6, 6.07) is 7.40. The van der Waals surface area contributed by atoms with Crippen LogP contribution in [0.1, 0.15) is 28.2 Å². The molecule has 0 aliphatic carbocycles. The molecule has 5 heterocycles. The average molecular weight is 533 g/mol. The summed E-state index contributed by atoms with van der Waals surface area (Å²) in [5, 5.41) is 7.16. The number of imidazole rings is 1. The number of carbonyl (C=O) groups is 1. The first-order valence-corrected chi connectivity index (χ1v) is 13.5. The number of hydrogen-bond donors (Lipinski definition) is 4. The summed E-state index contributed by atoms with van der Waals surface area (Å²) < 4.78 is 1.94. The van der Waals surface area contributed by atoms with Crippen LogP contribution in [0.4, 0.5) is 17.2 Å². The molecular formula is C26H32N10OS. The molecule has 0 unspecified atom stereocenters. The van der Waals surface area contributed by atoms with Gasteiger partial charge in [0.25, 0.3) is 5.91 Å². The molecule has 1 saturated heterocycles. The Morgan fingerprint density at radius 1 is 1.16 bits per heavy atom. The van der Waals surface area contributed by atoms with Crippen molar-refractivity contribution in [2.24, 2.45) is 5.92 Å². The number of carbonyl (C=O) groups excluding carboxylic acids is 1. The van der Waals surface area contributed by atoms with Crippen LogP contribution in [0.5, 0.6) is 0 Å². The second kappa shape index (κ2) is 12.0. The molecular weight excluding hydrogens is 500 g/mol. The number of piperidine rings is 1. The minimum absolute atomic E-state index is 0.247. The van der Waals surface area contributed by atoms with Gasteiger partial charge in [0.15, 0.2) is 5.82 Å². The zero-order valence-corrected chi connectivity index (χ0v) is 21.9. The van der Waals surface area contributed by atoms with E-state index in [9.17, 15) is 4.79 Å². The van der Waals surface area contributed by atoms with Crippen LogP contribution in [0.3, 0.4) is 0 Å². The summed E-state index contributed by atoms with van der Waals surface area (Å²) >= 11 is 1.69. The molecule has 11 nitrogen and oxygen atoms in total. The van der Waals surface area contributed by atoms with Gasteiger partial charge in [-0.2, -0.15) is 0 Å². The molecule has 0 bridgehead atoms. The third-order valence-corrected chi connectivity index (χ3v) is 7.62. The van der Waals surface area contributed by atoms with E-state index in [0.29, 0.717) is 42.7 Å². The molecule has 1 aliphatic heterocycles. The highest BCUT2D eigenvalue weighted by Crippen LogP contribution is 2.26. The van der Waals surface area contributed by atoms with E-state index in [1.165, 1.54) is 10.9 Å². The van der Waals surface area contributed by atoms with Gasteiger partial charge in [-0.05, 0) is 50.0 Å². The standard InChI is InChI=1S/C26H32N10OS/c27-20-13-22(34-24(23(20)28)31-8-12-36-11-7-29-17-36)25(37)32-14-18-4-9-35(10-5-18)16-19-15-33-26(38-19)21-3-1-2-6-30-21/h1-3,6-7,11,13,15,17-18H,4-5,8-10,12,14,16,28H2,(H,32,37)(H3,27,31,34). The van der Waals surface area contributed by atoms with E-state index >= 15 is 0 Å². The number of hydrogen-bond acceptors (Lipinski definition) is 10. The van der Waals surface area contributed by atoms with Crippen molar-refractivity contribution >= 4 is 34.4 Å². The lowest BCUT2D eigenvalue weighted by molar-refractivity contribution is 0.0930. The van der Waals surface area contributed by atoms with Crippen molar-refractivity contribution in [1.82, 2.24) is 34.7 Å². The molecule has 12 heteroatoms. The first-order valence-electron chi connectivity index (χ1n) is 12.7. The highest BCUT2D eigenvalue weighted by Gasteiger charge is 2.22. The Hall–Kier alpha value is -4.03. The molecule has 198 valence electrons. The maximum absolute atomic E-state index is 12.9. The quantitative estimate of drug-likeness (QED) is 0.241. The predicted octanol–water partition coefficient (Wildman–Crippen LogP) is 2.72. The number of aromatic nitrogens is 5. The monoisotopic (exact) mass is 532 g/mol. The van der Waals surface area contributed by atoms with Gasteiger partial charge in [-0.25, -0.2) is 15.0 Å². The summed E-state index contributed by atoms with van der Waals surface area (Å²) in [6.45, 7) is 4.71. The van der Waals surface area contributed by atoms with Crippen LogP contribution in [-0.2, 0) is 13.1 Å². The van der Waals surface area contributed by atoms with Crippen molar-refractivity contribution in [2.45, 2.75) is 25.9 Å². The van der Waals surface area contributed by atoms with Gasteiger partial charge in [0.05, 0.1) is 23.4 Å². The number of nitrogens with one attached hydrogen (secondary N) is 2. The van der Waals surface area contributed by atoms with Crippen molar-refractivity contribution < 1.29 is 4.79 Å². The van der Waals surface area contributed by atoms with Crippen molar-refractivity contribution in [3.63, 3.8) is 0 Å². The smallest absolute Gasteiger partial charge is 0.270 e. The summed E-state index contributed by atoms with van der Waals surface area (Å²) in [5.41, 5.74) is 14.0. The number of nitrogens with two attached hydrogens (primary N) is 2. The fourth-order valence-electron chi connectivity index (χ4n) is 4.43. The number of amides is 1. The predicted molar refractivity (Wildman–Crippen MR) is 149 cm³/mol. The number of anilines is 3. The number of rotatable bonds is 10. The molecule has 0 atom stereocenters. The molecule has 4 aromatic rings. The normalized spacial score (nSPS) is 14.4. The second-order valence-corrected chi connectivity index (χ2v) is 10.5. The fourth-order valence-corrected chi connectivity index (χ4v) is 5.36. The number of pyridine rings is 2. The Balaban J connectivity index is 1.08. The molecule has 0 saturated carbocycles. The number of thiazole rings is 1. The lowest BCUT2D eigenvalue weighted by Crippen LogP contribution is -2.38. The lowest BCUT2D eigenvalue weighted by atomic mass is 9.96. The lowest BCUT2D eigenvalue weighted by Gasteiger charge is -2.31. The fraction of sp³-hybridized carbons (Fsp3) is 0.346. The molecule has 1 amide bonds.